The van der Waals surface area contributed by atoms with Crippen molar-refractivity contribution in [1.82, 2.24) is 4.90 Å². The first-order valence-corrected chi connectivity index (χ1v) is 8.74. The summed E-state index contributed by atoms with van der Waals surface area (Å²) >= 11 is 0. The van der Waals surface area contributed by atoms with Gasteiger partial charge in [-0.2, -0.15) is 0 Å². The molecule has 0 radical (unpaired) electrons. The summed E-state index contributed by atoms with van der Waals surface area (Å²) in [5.74, 6) is -0.529. The van der Waals surface area contributed by atoms with E-state index in [9.17, 15) is 9.59 Å². The van der Waals surface area contributed by atoms with Gasteiger partial charge in [0, 0.05) is 24.5 Å². The van der Waals surface area contributed by atoms with E-state index in [1.807, 2.05) is 72.8 Å². The second-order valence-electron chi connectivity index (χ2n) is 6.69. The number of nitrogens with one attached hydrogen (secondary N) is 1. The van der Waals surface area contributed by atoms with Gasteiger partial charge in [0.2, 0.25) is 11.8 Å². The third-order valence-corrected chi connectivity index (χ3v) is 5.11. The Balaban J connectivity index is 1.65. The predicted molar refractivity (Wildman–Crippen MR) is 103 cm³/mol. The van der Waals surface area contributed by atoms with Gasteiger partial charge in [-0.25, -0.2) is 0 Å². The van der Waals surface area contributed by atoms with E-state index in [-0.39, 0.29) is 24.3 Å². The van der Waals surface area contributed by atoms with Gasteiger partial charge in [0.15, 0.2) is 0 Å². The Morgan fingerprint density at radius 2 is 1.65 bits per heavy atom. The van der Waals surface area contributed by atoms with Crippen molar-refractivity contribution in [3.63, 3.8) is 0 Å². The van der Waals surface area contributed by atoms with E-state index in [1.165, 1.54) is 0 Å². The molecule has 4 nitrogen and oxygen atoms in total. The summed E-state index contributed by atoms with van der Waals surface area (Å²) < 4.78 is 0. The molecule has 1 fully saturated rings. The predicted octanol–water partition coefficient (Wildman–Crippen LogP) is 4.00. The summed E-state index contributed by atoms with van der Waals surface area (Å²) in [6.45, 7) is 0. The van der Waals surface area contributed by atoms with Gasteiger partial charge < -0.3 is 10.2 Å². The van der Waals surface area contributed by atoms with Crippen molar-refractivity contribution in [2.75, 3.05) is 12.4 Å². The minimum Gasteiger partial charge on any atom is -0.338 e. The van der Waals surface area contributed by atoms with Gasteiger partial charge in [0.05, 0.1) is 12.0 Å². The third-order valence-electron chi connectivity index (χ3n) is 5.11. The lowest BCUT2D eigenvalue weighted by molar-refractivity contribution is -0.127. The van der Waals surface area contributed by atoms with Crippen LogP contribution in [0.3, 0.4) is 0 Å². The number of amides is 2. The number of fused-ring (bicyclic) bond motifs is 1. The van der Waals surface area contributed by atoms with Crippen LogP contribution < -0.4 is 5.32 Å². The molecule has 2 atom stereocenters. The summed E-state index contributed by atoms with van der Waals surface area (Å²) in [5, 5.41) is 5.12. The molecule has 4 rings (SSSR count). The maximum atomic E-state index is 13.0. The van der Waals surface area contributed by atoms with Gasteiger partial charge in [0.1, 0.15) is 0 Å². The molecule has 4 heteroatoms. The van der Waals surface area contributed by atoms with Crippen molar-refractivity contribution in [2.45, 2.75) is 12.5 Å². The SMILES string of the molecule is CN1C(=O)C[C@@H](C(=O)Nc2cccc3ccccc23)[C@H]1c1ccccc1. The van der Waals surface area contributed by atoms with Gasteiger partial charge in [-0.15, -0.1) is 0 Å². The molecule has 0 aromatic heterocycles. The lowest BCUT2D eigenvalue weighted by atomic mass is 9.92. The van der Waals surface area contributed by atoms with E-state index in [2.05, 4.69) is 5.32 Å². The minimum atomic E-state index is -0.408. The third kappa shape index (κ3) is 2.84. The Kier molecular flexibility index (Phi) is 4.17. The number of hydrogen-bond acceptors (Lipinski definition) is 2. The summed E-state index contributed by atoms with van der Waals surface area (Å²) in [5.41, 5.74) is 1.76. The van der Waals surface area contributed by atoms with Gasteiger partial charge in [-0.1, -0.05) is 66.7 Å². The van der Waals surface area contributed by atoms with E-state index in [1.54, 1.807) is 11.9 Å². The van der Waals surface area contributed by atoms with Crippen LogP contribution in [0.25, 0.3) is 10.8 Å². The Labute approximate surface area is 152 Å². The number of carbonyl (C=O) groups excluding carboxylic acids is 2. The van der Waals surface area contributed by atoms with Crippen LogP contribution in [0.4, 0.5) is 5.69 Å². The van der Waals surface area contributed by atoms with E-state index >= 15 is 0 Å². The fraction of sp³-hybridized carbons (Fsp3) is 0.182. The number of hydrogen-bond donors (Lipinski definition) is 1. The lowest BCUT2D eigenvalue weighted by Gasteiger charge is -2.25. The highest BCUT2D eigenvalue weighted by Crippen LogP contribution is 2.38. The zero-order valence-corrected chi connectivity index (χ0v) is 14.6. The van der Waals surface area contributed by atoms with E-state index in [0.29, 0.717) is 0 Å². The average Bonchev–Trinajstić information content (AvgIpc) is 2.98. The highest BCUT2D eigenvalue weighted by atomic mass is 16.2. The van der Waals surface area contributed by atoms with Crippen LogP contribution in [0.5, 0.6) is 0 Å². The smallest absolute Gasteiger partial charge is 0.230 e. The first-order valence-electron chi connectivity index (χ1n) is 8.74. The van der Waals surface area contributed by atoms with Gasteiger partial charge in [0.25, 0.3) is 0 Å². The number of nitrogens with zero attached hydrogens (tertiary/aromatic N) is 1. The van der Waals surface area contributed by atoms with Crippen LogP contribution in [0, 0.1) is 5.92 Å². The second-order valence-corrected chi connectivity index (χ2v) is 6.69. The zero-order valence-electron chi connectivity index (χ0n) is 14.6. The monoisotopic (exact) mass is 344 g/mol. The first kappa shape index (κ1) is 16.3. The van der Waals surface area contributed by atoms with E-state index in [0.717, 1.165) is 22.0 Å². The Bertz CT molecular complexity index is 963. The summed E-state index contributed by atoms with van der Waals surface area (Å²) in [7, 11) is 1.77. The normalized spacial score (nSPS) is 19.7. The fourth-order valence-electron chi connectivity index (χ4n) is 3.77. The van der Waals surface area contributed by atoms with Gasteiger partial charge in [-0.05, 0) is 17.0 Å². The molecule has 1 saturated heterocycles. The molecule has 2 amide bonds. The highest BCUT2D eigenvalue weighted by molar-refractivity contribution is 6.04. The number of anilines is 1. The van der Waals surface area contributed by atoms with Crippen LogP contribution in [-0.2, 0) is 9.59 Å². The quantitative estimate of drug-likeness (QED) is 0.781. The largest absolute Gasteiger partial charge is 0.338 e. The van der Waals surface area contributed by atoms with Gasteiger partial charge in [-0.3, -0.25) is 9.59 Å². The van der Waals surface area contributed by atoms with Crippen LogP contribution in [0.2, 0.25) is 0 Å². The topological polar surface area (TPSA) is 49.4 Å². The molecule has 0 unspecified atom stereocenters. The maximum absolute atomic E-state index is 13.0. The standard InChI is InChI=1S/C22H20N2O2/c1-24-20(25)14-18(21(24)16-9-3-2-4-10-16)22(26)23-19-13-7-11-15-8-5-6-12-17(15)19/h2-13,18,21H,14H2,1H3,(H,23,26)/t18-,21-/m1/s1. The maximum Gasteiger partial charge on any atom is 0.230 e. The molecule has 1 aliphatic heterocycles. The van der Waals surface area contributed by atoms with Crippen molar-refractivity contribution >= 4 is 28.3 Å². The number of rotatable bonds is 3. The lowest BCUT2D eigenvalue weighted by Crippen LogP contribution is -2.30. The molecule has 3 aromatic carbocycles. The number of likely N-dealkylation sites (tertiary alicyclic amines) is 1. The van der Waals surface area contributed by atoms with Crippen LogP contribution in [0.1, 0.15) is 18.0 Å². The molecule has 3 aromatic rings. The second kappa shape index (κ2) is 6.64. The van der Waals surface area contributed by atoms with Gasteiger partial charge >= 0.3 is 0 Å². The summed E-state index contributed by atoms with van der Waals surface area (Å²) in [4.78, 5) is 27.0. The Hall–Kier alpha value is -3.14. The Morgan fingerprint density at radius 1 is 0.962 bits per heavy atom. The molecule has 26 heavy (non-hydrogen) atoms. The zero-order chi connectivity index (χ0) is 18.1. The van der Waals surface area contributed by atoms with Crippen LogP contribution in [-0.4, -0.2) is 23.8 Å². The molecule has 0 bridgehead atoms. The molecular formula is C22H20N2O2. The molecule has 0 aliphatic carbocycles. The fourth-order valence-corrected chi connectivity index (χ4v) is 3.77. The molecular weight excluding hydrogens is 324 g/mol. The van der Waals surface area contributed by atoms with Crippen molar-refractivity contribution < 1.29 is 9.59 Å². The van der Waals surface area contributed by atoms with Crippen LogP contribution >= 0.6 is 0 Å². The number of carbonyl (C=O) groups is 2. The summed E-state index contributed by atoms with van der Waals surface area (Å²) in [6.07, 6.45) is 0.229. The first-order chi connectivity index (χ1) is 12.6. The van der Waals surface area contributed by atoms with Crippen LogP contribution in [0.15, 0.2) is 72.8 Å². The molecule has 0 spiro atoms. The summed E-state index contributed by atoms with van der Waals surface area (Å²) in [6, 6.07) is 23.3. The molecule has 130 valence electrons. The van der Waals surface area contributed by atoms with Crippen molar-refractivity contribution in [2.24, 2.45) is 5.92 Å². The average molecular weight is 344 g/mol. The van der Waals surface area contributed by atoms with E-state index < -0.39 is 5.92 Å². The molecule has 1 N–H and O–H groups in total. The molecule has 1 heterocycles. The van der Waals surface area contributed by atoms with E-state index in [4.69, 9.17) is 0 Å². The molecule has 0 saturated carbocycles. The van der Waals surface area contributed by atoms with Crippen molar-refractivity contribution in [3.8, 4) is 0 Å². The minimum absolute atomic E-state index is 0.00285. The molecule has 1 aliphatic rings. The highest BCUT2D eigenvalue weighted by Gasteiger charge is 2.42. The Morgan fingerprint density at radius 3 is 2.46 bits per heavy atom. The number of benzene rings is 3. The van der Waals surface area contributed by atoms with Crippen molar-refractivity contribution in [1.29, 1.82) is 0 Å². The van der Waals surface area contributed by atoms with Crippen molar-refractivity contribution in [3.05, 3.63) is 78.4 Å².